The van der Waals surface area contributed by atoms with Crippen molar-refractivity contribution in [2.45, 2.75) is 12.6 Å². The molecule has 3 amide bonds. The van der Waals surface area contributed by atoms with E-state index in [-0.39, 0.29) is 40.7 Å². The fraction of sp³-hybridized carbons (Fsp3) is 0.130. The van der Waals surface area contributed by atoms with Crippen LogP contribution in [0.5, 0.6) is 11.5 Å². The molecule has 1 heterocycles. The lowest BCUT2D eigenvalue weighted by molar-refractivity contribution is -0.139. The van der Waals surface area contributed by atoms with Crippen LogP contribution in [-0.4, -0.2) is 51.6 Å². The molecule has 0 fully saturated rings. The Balaban J connectivity index is 1.61. The summed E-state index contributed by atoms with van der Waals surface area (Å²) in [4.78, 5) is 49.0. The molecule has 0 aliphatic rings. The van der Waals surface area contributed by atoms with Crippen LogP contribution >= 0.6 is 22.9 Å². The van der Waals surface area contributed by atoms with Gasteiger partial charge in [0.25, 0.3) is 17.7 Å². The molecular formula is C23H20ClN3O7S. The monoisotopic (exact) mass is 517 g/mol. The van der Waals surface area contributed by atoms with Gasteiger partial charge in [-0.05, 0) is 47.3 Å². The minimum Gasteiger partial charge on any atom is -0.508 e. The molecule has 0 bridgehead atoms. The third-order valence-electron chi connectivity index (χ3n) is 4.71. The number of thiophene rings is 1. The number of nitrogens with one attached hydrogen (secondary N) is 3. The van der Waals surface area contributed by atoms with Gasteiger partial charge in [0.15, 0.2) is 0 Å². The Morgan fingerprint density at radius 1 is 0.914 bits per heavy atom. The molecule has 12 heteroatoms. The van der Waals surface area contributed by atoms with Crippen molar-refractivity contribution in [1.82, 2.24) is 16.0 Å². The second kappa shape index (κ2) is 11.4. The van der Waals surface area contributed by atoms with E-state index >= 15 is 0 Å². The summed E-state index contributed by atoms with van der Waals surface area (Å²) in [5.74, 6) is -3.45. The number of rotatable bonds is 9. The molecule has 1 atom stereocenters. The van der Waals surface area contributed by atoms with Crippen LogP contribution in [0.2, 0.25) is 5.02 Å². The summed E-state index contributed by atoms with van der Waals surface area (Å²) in [7, 11) is 0. The first-order valence-corrected chi connectivity index (χ1v) is 11.3. The van der Waals surface area contributed by atoms with Crippen molar-refractivity contribution in [3.8, 4) is 11.5 Å². The average Bonchev–Trinajstić information content (AvgIpc) is 3.34. The van der Waals surface area contributed by atoms with Crippen LogP contribution in [0.1, 0.15) is 36.0 Å². The molecular weight excluding hydrogens is 498 g/mol. The maximum Gasteiger partial charge on any atom is 0.328 e. The molecule has 0 saturated heterocycles. The van der Waals surface area contributed by atoms with Crippen LogP contribution in [0.25, 0.3) is 0 Å². The Labute approximate surface area is 208 Å². The van der Waals surface area contributed by atoms with Crippen molar-refractivity contribution >= 4 is 46.6 Å². The maximum atomic E-state index is 12.6. The quantitative estimate of drug-likeness (QED) is 0.253. The van der Waals surface area contributed by atoms with E-state index in [0.717, 1.165) is 6.07 Å². The van der Waals surface area contributed by atoms with E-state index in [0.29, 0.717) is 10.4 Å². The minimum atomic E-state index is -1.41. The van der Waals surface area contributed by atoms with Gasteiger partial charge in [0.1, 0.15) is 17.5 Å². The first-order chi connectivity index (χ1) is 16.6. The summed E-state index contributed by atoms with van der Waals surface area (Å²) in [6.45, 7) is -0.335. The predicted molar refractivity (Wildman–Crippen MR) is 128 cm³/mol. The van der Waals surface area contributed by atoms with E-state index in [9.17, 15) is 34.5 Å². The molecule has 1 aromatic heterocycles. The first-order valence-electron chi connectivity index (χ1n) is 10.1. The topological polar surface area (TPSA) is 165 Å². The van der Waals surface area contributed by atoms with Crippen molar-refractivity contribution in [1.29, 1.82) is 0 Å². The standard InChI is InChI=1S/C23H20ClN3O7S/c24-17-8-13(20(30)25-10-12-6-14(28)9-15(29)7-12)3-4-16(17)21(31)27-18(23(33)34)11-26-22(32)19-2-1-5-35-19/h1-9,18,28-29H,10-11H2,(H,25,30)(H,26,32)(H,27,31)(H,33,34)/t18-/m0/s1. The second-order valence-corrected chi connectivity index (χ2v) is 8.64. The lowest BCUT2D eigenvalue weighted by Gasteiger charge is -2.16. The molecule has 3 aromatic rings. The number of aliphatic carboxylic acids is 1. The van der Waals surface area contributed by atoms with Gasteiger partial charge in [0.2, 0.25) is 0 Å². The zero-order valence-electron chi connectivity index (χ0n) is 17.9. The third-order valence-corrected chi connectivity index (χ3v) is 5.89. The van der Waals surface area contributed by atoms with E-state index in [1.54, 1.807) is 17.5 Å². The van der Waals surface area contributed by atoms with Crippen molar-refractivity contribution in [2.75, 3.05) is 6.54 Å². The number of benzene rings is 2. The number of hydrogen-bond donors (Lipinski definition) is 6. The molecule has 2 aromatic carbocycles. The number of phenolic OH excluding ortho intramolecular Hbond substituents is 2. The fourth-order valence-electron chi connectivity index (χ4n) is 3.01. The zero-order chi connectivity index (χ0) is 25.5. The van der Waals surface area contributed by atoms with Gasteiger partial charge in [-0.2, -0.15) is 0 Å². The van der Waals surface area contributed by atoms with Crippen LogP contribution < -0.4 is 16.0 Å². The predicted octanol–water partition coefficient (Wildman–Crippen LogP) is 2.36. The lowest BCUT2D eigenvalue weighted by Crippen LogP contribution is -2.48. The number of halogens is 1. The molecule has 10 nitrogen and oxygen atoms in total. The molecule has 0 unspecified atom stereocenters. The van der Waals surface area contributed by atoms with E-state index in [4.69, 9.17) is 11.6 Å². The van der Waals surface area contributed by atoms with Crippen molar-refractivity contribution in [2.24, 2.45) is 0 Å². The highest BCUT2D eigenvalue weighted by molar-refractivity contribution is 7.12. The van der Waals surface area contributed by atoms with Gasteiger partial charge in [0, 0.05) is 24.7 Å². The smallest absolute Gasteiger partial charge is 0.328 e. The Morgan fingerprint density at radius 3 is 2.23 bits per heavy atom. The SMILES string of the molecule is O=C(NCc1cc(O)cc(O)c1)c1ccc(C(=O)N[C@@H](CNC(=O)c2cccs2)C(=O)O)c(Cl)c1. The molecule has 6 N–H and O–H groups in total. The Hall–Kier alpha value is -4.09. The van der Waals surface area contributed by atoms with Gasteiger partial charge in [0.05, 0.1) is 15.5 Å². The molecule has 0 radical (unpaired) electrons. The molecule has 0 aliphatic heterocycles. The number of aromatic hydroxyl groups is 2. The number of carbonyl (C=O) groups is 4. The van der Waals surface area contributed by atoms with E-state index in [1.165, 1.54) is 41.7 Å². The number of carboxylic acid groups (broad SMARTS) is 1. The van der Waals surface area contributed by atoms with Crippen LogP contribution in [0, 0.1) is 0 Å². The number of phenols is 2. The van der Waals surface area contributed by atoms with Crippen LogP contribution in [0.15, 0.2) is 53.9 Å². The first kappa shape index (κ1) is 25.5. The third kappa shape index (κ3) is 6.95. The van der Waals surface area contributed by atoms with Gasteiger partial charge >= 0.3 is 5.97 Å². The largest absolute Gasteiger partial charge is 0.508 e. The molecule has 0 spiro atoms. The molecule has 3 rings (SSSR count). The normalized spacial score (nSPS) is 11.3. The van der Waals surface area contributed by atoms with E-state index < -0.39 is 29.7 Å². The molecule has 35 heavy (non-hydrogen) atoms. The van der Waals surface area contributed by atoms with Gasteiger partial charge in [-0.25, -0.2) is 4.79 Å². The summed E-state index contributed by atoms with van der Waals surface area (Å²) in [5.41, 5.74) is 0.537. The summed E-state index contributed by atoms with van der Waals surface area (Å²) in [6, 6.07) is 9.62. The van der Waals surface area contributed by atoms with Gasteiger partial charge in [-0.15, -0.1) is 11.3 Å². The van der Waals surface area contributed by atoms with Crippen molar-refractivity contribution < 1.29 is 34.5 Å². The Morgan fingerprint density at radius 2 is 1.63 bits per heavy atom. The van der Waals surface area contributed by atoms with E-state index in [2.05, 4.69) is 16.0 Å². The number of hydrogen-bond acceptors (Lipinski definition) is 7. The minimum absolute atomic E-state index is 0.0120. The van der Waals surface area contributed by atoms with Gasteiger partial charge in [-0.1, -0.05) is 17.7 Å². The summed E-state index contributed by atoms with van der Waals surface area (Å²) < 4.78 is 0. The second-order valence-electron chi connectivity index (χ2n) is 7.29. The Bertz CT molecular complexity index is 1240. The van der Waals surface area contributed by atoms with E-state index in [1.807, 2.05) is 0 Å². The lowest BCUT2D eigenvalue weighted by atomic mass is 10.1. The summed E-state index contributed by atoms with van der Waals surface area (Å²) in [5, 5.41) is 37.4. The molecule has 0 aliphatic carbocycles. The van der Waals surface area contributed by atoms with Crippen molar-refractivity contribution in [3.05, 3.63) is 80.5 Å². The van der Waals surface area contributed by atoms with Crippen molar-refractivity contribution in [3.63, 3.8) is 0 Å². The molecule has 182 valence electrons. The van der Waals surface area contributed by atoms with Crippen LogP contribution in [0.3, 0.4) is 0 Å². The van der Waals surface area contributed by atoms with Crippen LogP contribution in [-0.2, 0) is 11.3 Å². The fourth-order valence-corrected chi connectivity index (χ4v) is 3.92. The maximum absolute atomic E-state index is 12.6. The number of carboxylic acids is 1. The highest BCUT2D eigenvalue weighted by Crippen LogP contribution is 2.21. The summed E-state index contributed by atoms with van der Waals surface area (Å²) >= 11 is 7.35. The number of carbonyl (C=O) groups excluding carboxylic acids is 3. The summed E-state index contributed by atoms with van der Waals surface area (Å²) in [6.07, 6.45) is 0. The number of amides is 3. The highest BCUT2D eigenvalue weighted by Gasteiger charge is 2.23. The average molecular weight is 518 g/mol. The Kier molecular flexibility index (Phi) is 8.29. The van der Waals surface area contributed by atoms with Gasteiger partial charge < -0.3 is 31.3 Å². The van der Waals surface area contributed by atoms with Crippen LogP contribution in [0.4, 0.5) is 0 Å². The zero-order valence-corrected chi connectivity index (χ0v) is 19.5. The van der Waals surface area contributed by atoms with Gasteiger partial charge in [-0.3, -0.25) is 14.4 Å². The molecule has 0 saturated carbocycles. The highest BCUT2D eigenvalue weighted by atomic mass is 35.5.